The number of hydrogen-bond donors (Lipinski definition) is 4. The molecule has 0 aliphatic rings. The molecule has 1 rings (SSSR count). The molecule has 1 amide bonds. The third-order valence-electron chi connectivity index (χ3n) is 2.67. The van der Waals surface area contributed by atoms with Gasteiger partial charge in [-0.15, -0.1) is 0 Å². The maximum absolute atomic E-state index is 13.8. The number of rotatable bonds is 6. The first-order chi connectivity index (χ1) is 9.63. The van der Waals surface area contributed by atoms with Crippen molar-refractivity contribution in [3.63, 3.8) is 0 Å². The van der Waals surface area contributed by atoms with E-state index in [0.717, 1.165) is 12.1 Å². The minimum absolute atomic E-state index is 0.152. The van der Waals surface area contributed by atoms with Gasteiger partial charge in [0.1, 0.15) is 10.7 Å². The zero-order chi connectivity index (χ0) is 16.2. The monoisotopic (exact) mass is 319 g/mol. The third-order valence-corrected chi connectivity index (χ3v) is 4.13. The third kappa shape index (κ3) is 5.05. The Morgan fingerprint density at radius 2 is 2.10 bits per heavy atom. The summed E-state index contributed by atoms with van der Waals surface area (Å²) in [6, 6.07) is 2.41. The van der Waals surface area contributed by atoms with E-state index < -0.39 is 38.8 Å². The highest BCUT2D eigenvalue weighted by molar-refractivity contribution is 7.89. The van der Waals surface area contributed by atoms with Crippen molar-refractivity contribution in [2.24, 2.45) is 5.73 Å². The molecule has 0 aromatic heterocycles. The van der Waals surface area contributed by atoms with E-state index in [9.17, 15) is 22.7 Å². The minimum atomic E-state index is -4.09. The summed E-state index contributed by atoms with van der Waals surface area (Å²) in [7, 11) is -4.09. The smallest absolute Gasteiger partial charge is 0.243 e. The van der Waals surface area contributed by atoms with Crippen molar-refractivity contribution < 1.29 is 22.7 Å². The number of nitrogens with two attached hydrogens (primary N) is 1. The van der Waals surface area contributed by atoms with E-state index in [1.54, 1.807) is 0 Å². The molecule has 2 unspecified atom stereocenters. The second kappa shape index (κ2) is 6.94. The predicted molar refractivity (Wildman–Crippen MR) is 75.5 cm³/mol. The van der Waals surface area contributed by atoms with Crippen LogP contribution in [0, 0.1) is 5.82 Å². The van der Waals surface area contributed by atoms with Gasteiger partial charge in [-0.1, -0.05) is 0 Å². The van der Waals surface area contributed by atoms with Gasteiger partial charge in [0, 0.05) is 25.2 Å². The quantitative estimate of drug-likeness (QED) is 0.577. The first-order valence-electron chi connectivity index (χ1n) is 6.14. The van der Waals surface area contributed by atoms with Gasteiger partial charge < -0.3 is 16.2 Å². The molecule has 0 saturated carbocycles. The van der Waals surface area contributed by atoms with Gasteiger partial charge in [-0.2, -0.15) is 0 Å². The summed E-state index contributed by atoms with van der Waals surface area (Å²) >= 11 is 0. The summed E-state index contributed by atoms with van der Waals surface area (Å²) in [5.41, 5.74) is 5.65. The topological polar surface area (TPSA) is 122 Å². The van der Waals surface area contributed by atoms with E-state index in [0.29, 0.717) is 0 Å². The van der Waals surface area contributed by atoms with Gasteiger partial charge in [-0.25, -0.2) is 17.5 Å². The zero-order valence-corrected chi connectivity index (χ0v) is 12.4. The molecule has 1 aromatic rings. The molecule has 0 aliphatic heterocycles. The summed E-state index contributed by atoms with van der Waals surface area (Å²) in [4.78, 5) is 10.3. The first-order valence-corrected chi connectivity index (χ1v) is 7.62. The Labute approximate surface area is 122 Å². The number of nitrogens with one attached hydrogen (secondary N) is 2. The Morgan fingerprint density at radius 3 is 2.57 bits per heavy atom. The molecule has 118 valence electrons. The Bertz CT molecular complexity index is 619. The van der Waals surface area contributed by atoms with Crippen LogP contribution in [-0.4, -0.2) is 38.1 Å². The largest absolute Gasteiger partial charge is 0.392 e. The SMILES string of the molecule is CC(=O)Nc1ccc(S(=O)(=O)NCC(N)C(C)O)c(F)c1. The van der Waals surface area contributed by atoms with Gasteiger partial charge in [-0.3, -0.25) is 4.79 Å². The van der Waals surface area contributed by atoms with Gasteiger partial charge in [-0.05, 0) is 25.1 Å². The van der Waals surface area contributed by atoms with Crippen LogP contribution in [0.1, 0.15) is 13.8 Å². The number of halogens is 1. The molecule has 0 bridgehead atoms. The maximum atomic E-state index is 13.8. The van der Waals surface area contributed by atoms with Gasteiger partial charge in [0.25, 0.3) is 0 Å². The van der Waals surface area contributed by atoms with Gasteiger partial charge in [0.05, 0.1) is 6.10 Å². The van der Waals surface area contributed by atoms with Crippen molar-refractivity contribution in [3.05, 3.63) is 24.0 Å². The number of anilines is 1. The Balaban J connectivity index is 2.91. The molecular weight excluding hydrogens is 301 g/mol. The van der Waals surface area contributed by atoms with Gasteiger partial charge in [0.2, 0.25) is 15.9 Å². The molecule has 1 aromatic carbocycles. The van der Waals surface area contributed by atoms with Crippen LogP contribution >= 0.6 is 0 Å². The number of carbonyl (C=O) groups is 1. The van der Waals surface area contributed by atoms with Crippen molar-refractivity contribution in [2.75, 3.05) is 11.9 Å². The van der Waals surface area contributed by atoms with Crippen LogP contribution < -0.4 is 15.8 Å². The van der Waals surface area contributed by atoms with Crippen LogP contribution in [0.4, 0.5) is 10.1 Å². The summed E-state index contributed by atoms with van der Waals surface area (Å²) in [6.45, 7) is 2.44. The fraction of sp³-hybridized carbons (Fsp3) is 0.417. The van der Waals surface area contributed by atoms with E-state index in [1.807, 2.05) is 0 Å². The average molecular weight is 319 g/mol. The number of carbonyl (C=O) groups excluding carboxylic acids is 1. The molecule has 0 radical (unpaired) electrons. The Kier molecular flexibility index (Phi) is 5.78. The van der Waals surface area contributed by atoms with Crippen molar-refractivity contribution in [3.8, 4) is 0 Å². The summed E-state index contributed by atoms with van der Waals surface area (Å²) < 4.78 is 39.8. The number of sulfonamides is 1. The standard InChI is InChI=1S/C12H18FN3O4S/c1-7(17)11(14)6-15-21(19,20)12-4-3-9(5-10(12)13)16-8(2)18/h3-5,7,11,15,17H,6,14H2,1-2H3,(H,16,18). The highest BCUT2D eigenvalue weighted by atomic mass is 32.2. The zero-order valence-electron chi connectivity index (χ0n) is 11.6. The van der Waals surface area contributed by atoms with Crippen molar-refractivity contribution in [1.29, 1.82) is 0 Å². The molecule has 5 N–H and O–H groups in total. The van der Waals surface area contributed by atoms with Crippen molar-refractivity contribution >= 4 is 21.6 Å². The number of amides is 1. The maximum Gasteiger partial charge on any atom is 0.243 e. The lowest BCUT2D eigenvalue weighted by Crippen LogP contribution is -2.43. The lowest BCUT2D eigenvalue weighted by Gasteiger charge is -2.15. The lowest BCUT2D eigenvalue weighted by molar-refractivity contribution is -0.114. The molecule has 0 spiro atoms. The van der Waals surface area contributed by atoms with Gasteiger partial charge >= 0.3 is 0 Å². The van der Waals surface area contributed by atoms with E-state index in [1.165, 1.54) is 19.9 Å². The van der Waals surface area contributed by atoms with Crippen LogP contribution in [0.15, 0.2) is 23.1 Å². The van der Waals surface area contributed by atoms with Crippen molar-refractivity contribution in [2.45, 2.75) is 30.9 Å². The first kappa shape index (κ1) is 17.5. The van der Waals surface area contributed by atoms with E-state index in [4.69, 9.17) is 5.73 Å². The molecule has 21 heavy (non-hydrogen) atoms. The Hall–Kier alpha value is -1.55. The van der Waals surface area contributed by atoms with Crippen LogP contribution in [0.25, 0.3) is 0 Å². The molecule has 0 heterocycles. The number of aliphatic hydroxyl groups is 1. The van der Waals surface area contributed by atoms with Gasteiger partial charge in [0.15, 0.2) is 0 Å². The molecule has 0 saturated heterocycles. The fourth-order valence-corrected chi connectivity index (χ4v) is 2.58. The van der Waals surface area contributed by atoms with E-state index >= 15 is 0 Å². The molecule has 0 aliphatic carbocycles. The molecule has 7 nitrogen and oxygen atoms in total. The van der Waals surface area contributed by atoms with Crippen molar-refractivity contribution in [1.82, 2.24) is 4.72 Å². The molecule has 9 heteroatoms. The van der Waals surface area contributed by atoms with Crippen LogP contribution in [0.3, 0.4) is 0 Å². The predicted octanol–water partition coefficient (Wildman–Crippen LogP) is -0.229. The molecular formula is C12H18FN3O4S. The molecule has 0 fully saturated rings. The summed E-state index contributed by atoms with van der Waals surface area (Å²) in [5.74, 6) is -1.40. The van der Waals surface area contributed by atoms with E-state index in [-0.39, 0.29) is 12.2 Å². The highest BCUT2D eigenvalue weighted by Crippen LogP contribution is 2.18. The second-order valence-electron chi connectivity index (χ2n) is 4.58. The lowest BCUT2D eigenvalue weighted by atomic mass is 10.2. The number of benzene rings is 1. The average Bonchev–Trinajstić information content (AvgIpc) is 2.34. The minimum Gasteiger partial charge on any atom is -0.392 e. The fourth-order valence-electron chi connectivity index (χ4n) is 1.45. The normalized spacial score (nSPS) is 14.5. The Morgan fingerprint density at radius 1 is 1.48 bits per heavy atom. The summed E-state index contributed by atoms with van der Waals surface area (Å²) in [5, 5.41) is 11.5. The highest BCUT2D eigenvalue weighted by Gasteiger charge is 2.21. The molecule has 2 atom stereocenters. The van der Waals surface area contributed by atoms with Crippen LogP contribution in [0.5, 0.6) is 0 Å². The summed E-state index contributed by atoms with van der Waals surface area (Å²) in [6.07, 6.45) is -0.903. The van der Waals surface area contributed by atoms with Crippen LogP contribution in [0.2, 0.25) is 0 Å². The number of hydrogen-bond acceptors (Lipinski definition) is 5. The number of aliphatic hydroxyl groups excluding tert-OH is 1. The van der Waals surface area contributed by atoms with E-state index in [2.05, 4.69) is 10.0 Å². The van der Waals surface area contributed by atoms with Crippen LogP contribution in [-0.2, 0) is 14.8 Å². The second-order valence-corrected chi connectivity index (χ2v) is 6.32.